The first-order chi connectivity index (χ1) is 13.6. The van der Waals surface area contributed by atoms with Crippen molar-refractivity contribution in [2.45, 2.75) is 19.8 Å². The summed E-state index contributed by atoms with van der Waals surface area (Å²) >= 11 is 0. The van der Waals surface area contributed by atoms with Crippen LogP contribution in [0.2, 0.25) is 0 Å². The lowest BCUT2D eigenvalue weighted by Gasteiger charge is -2.07. The summed E-state index contributed by atoms with van der Waals surface area (Å²) in [6.07, 6.45) is 1.65. The Balaban J connectivity index is 1.38. The molecule has 28 heavy (non-hydrogen) atoms. The molecule has 0 aliphatic heterocycles. The third-order valence-corrected chi connectivity index (χ3v) is 4.64. The summed E-state index contributed by atoms with van der Waals surface area (Å²) in [7, 11) is 0. The van der Waals surface area contributed by atoms with Crippen molar-refractivity contribution in [2.24, 2.45) is 0 Å². The Labute approximate surface area is 162 Å². The Morgan fingerprint density at radius 3 is 2.64 bits per heavy atom. The molecule has 2 N–H and O–H groups in total. The van der Waals surface area contributed by atoms with Crippen molar-refractivity contribution in [3.05, 3.63) is 95.1 Å². The topological polar surface area (TPSA) is 57.8 Å². The molecule has 0 saturated carbocycles. The fourth-order valence-electron chi connectivity index (χ4n) is 3.15. The van der Waals surface area contributed by atoms with E-state index < -0.39 is 5.82 Å². The maximum absolute atomic E-state index is 13.2. The summed E-state index contributed by atoms with van der Waals surface area (Å²) < 4.78 is 13.2. The number of anilines is 1. The minimum absolute atomic E-state index is 0.296. The molecule has 0 aliphatic carbocycles. The highest BCUT2D eigenvalue weighted by Crippen LogP contribution is 2.16. The molecule has 4 nitrogen and oxygen atoms in total. The number of aromatic nitrogens is 2. The number of nitrogens with zero attached hydrogens (tertiary/aromatic N) is 1. The van der Waals surface area contributed by atoms with Crippen molar-refractivity contribution in [2.75, 3.05) is 5.32 Å². The van der Waals surface area contributed by atoms with Gasteiger partial charge < -0.3 is 10.3 Å². The van der Waals surface area contributed by atoms with Crippen LogP contribution in [0.1, 0.15) is 27.3 Å². The number of hydrogen-bond donors (Lipinski definition) is 2. The van der Waals surface area contributed by atoms with E-state index in [1.54, 1.807) is 6.07 Å². The predicted molar refractivity (Wildman–Crippen MR) is 109 cm³/mol. The van der Waals surface area contributed by atoms with Crippen LogP contribution in [0.15, 0.2) is 66.7 Å². The van der Waals surface area contributed by atoms with E-state index >= 15 is 0 Å². The lowest BCUT2D eigenvalue weighted by Crippen LogP contribution is -2.12. The molecule has 1 heterocycles. The van der Waals surface area contributed by atoms with Gasteiger partial charge in [0.25, 0.3) is 5.91 Å². The molecule has 3 aromatic carbocycles. The second-order valence-electron chi connectivity index (χ2n) is 6.87. The van der Waals surface area contributed by atoms with Gasteiger partial charge in [0.1, 0.15) is 11.6 Å². The van der Waals surface area contributed by atoms with Gasteiger partial charge in [0.05, 0.1) is 11.0 Å². The van der Waals surface area contributed by atoms with Gasteiger partial charge in [-0.15, -0.1) is 0 Å². The van der Waals surface area contributed by atoms with Crippen molar-refractivity contribution < 1.29 is 9.18 Å². The number of fused-ring (bicyclic) bond motifs is 1. The van der Waals surface area contributed by atoms with Crippen LogP contribution in [0.5, 0.6) is 0 Å². The average Bonchev–Trinajstić information content (AvgIpc) is 3.09. The van der Waals surface area contributed by atoms with Gasteiger partial charge in [-0.1, -0.05) is 24.3 Å². The first kappa shape index (κ1) is 17.9. The zero-order valence-electron chi connectivity index (χ0n) is 15.5. The van der Waals surface area contributed by atoms with Crippen LogP contribution >= 0.6 is 0 Å². The van der Waals surface area contributed by atoms with E-state index in [4.69, 9.17) is 0 Å². The number of amides is 1. The quantitative estimate of drug-likeness (QED) is 0.514. The molecule has 0 radical (unpaired) electrons. The molecular formula is C23H20FN3O. The Morgan fingerprint density at radius 1 is 1.04 bits per heavy atom. The number of aryl methyl sites for hydroxylation is 3. The van der Waals surface area contributed by atoms with Crippen molar-refractivity contribution >= 4 is 22.6 Å². The number of nitrogens with one attached hydrogen (secondary N) is 2. The molecule has 5 heteroatoms. The molecule has 4 rings (SSSR count). The molecule has 0 saturated heterocycles. The zero-order valence-corrected chi connectivity index (χ0v) is 15.5. The number of H-pyrrole nitrogens is 1. The molecule has 1 aromatic heterocycles. The van der Waals surface area contributed by atoms with E-state index in [9.17, 15) is 9.18 Å². The molecule has 1 amide bonds. The van der Waals surface area contributed by atoms with Crippen LogP contribution in [0.25, 0.3) is 11.0 Å². The fraction of sp³-hybridized carbons (Fsp3) is 0.130. The standard InChI is InChI=1S/C23H20FN3O/c1-15-5-11-20-21(13-15)27-22(26-20)12-8-16-6-9-19(10-7-16)25-23(28)17-3-2-4-18(24)14-17/h2-7,9-11,13-14H,8,12H2,1H3,(H,25,28)(H,26,27). The number of rotatable bonds is 5. The van der Waals surface area contributed by atoms with Gasteiger partial charge in [-0.05, 0) is 66.9 Å². The van der Waals surface area contributed by atoms with E-state index in [-0.39, 0.29) is 5.91 Å². The van der Waals surface area contributed by atoms with Gasteiger partial charge in [-0.3, -0.25) is 4.79 Å². The third-order valence-electron chi connectivity index (χ3n) is 4.64. The molecular weight excluding hydrogens is 353 g/mol. The number of hydrogen-bond acceptors (Lipinski definition) is 2. The minimum Gasteiger partial charge on any atom is -0.342 e. The molecule has 0 spiro atoms. The summed E-state index contributed by atoms with van der Waals surface area (Å²) in [6, 6.07) is 19.5. The summed E-state index contributed by atoms with van der Waals surface area (Å²) in [6.45, 7) is 2.06. The van der Waals surface area contributed by atoms with E-state index in [1.807, 2.05) is 30.3 Å². The SMILES string of the molecule is Cc1ccc2nc(CCc3ccc(NC(=O)c4cccc(F)c4)cc3)[nH]c2c1. The maximum atomic E-state index is 13.2. The van der Waals surface area contributed by atoms with Gasteiger partial charge in [-0.2, -0.15) is 0 Å². The molecule has 0 fully saturated rings. The normalized spacial score (nSPS) is 10.9. The van der Waals surface area contributed by atoms with Crippen LogP contribution in [0, 0.1) is 12.7 Å². The lowest BCUT2D eigenvalue weighted by molar-refractivity contribution is 0.102. The Hall–Kier alpha value is -3.47. The van der Waals surface area contributed by atoms with Crippen molar-refractivity contribution in [1.82, 2.24) is 9.97 Å². The molecule has 140 valence electrons. The Morgan fingerprint density at radius 2 is 1.86 bits per heavy atom. The van der Waals surface area contributed by atoms with Crippen LogP contribution < -0.4 is 5.32 Å². The van der Waals surface area contributed by atoms with Crippen LogP contribution in [0.3, 0.4) is 0 Å². The Bertz CT molecular complexity index is 1130. The van der Waals surface area contributed by atoms with Gasteiger partial charge >= 0.3 is 0 Å². The maximum Gasteiger partial charge on any atom is 0.255 e. The first-order valence-electron chi connectivity index (χ1n) is 9.18. The van der Waals surface area contributed by atoms with Crippen LogP contribution in [-0.4, -0.2) is 15.9 Å². The lowest BCUT2D eigenvalue weighted by atomic mass is 10.1. The largest absolute Gasteiger partial charge is 0.342 e. The molecule has 0 bridgehead atoms. The number of benzene rings is 3. The third kappa shape index (κ3) is 4.09. The van der Waals surface area contributed by atoms with Gasteiger partial charge in [0.2, 0.25) is 0 Å². The summed E-state index contributed by atoms with van der Waals surface area (Å²) in [5.41, 5.74) is 5.38. The second-order valence-corrected chi connectivity index (χ2v) is 6.87. The number of imidazole rings is 1. The minimum atomic E-state index is -0.427. The molecule has 0 unspecified atom stereocenters. The van der Waals surface area contributed by atoms with Crippen molar-refractivity contribution in [3.63, 3.8) is 0 Å². The number of carbonyl (C=O) groups excluding carboxylic acids is 1. The highest BCUT2D eigenvalue weighted by atomic mass is 19.1. The fourth-order valence-corrected chi connectivity index (χ4v) is 3.15. The van der Waals surface area contributed by atoms with E-state index in [0.29, 0.717) is 11.3 Å². The average molecular weight is 373 g/mol. The molecule has 0 aliphatic rings. The second kappa shape index (κ2) is 7.64. The predicted octanol–water partition coefficient (Wildman–Crippen LogP) is 5.05. The number of carbonyl (C=O) groups is 1. The van der Waals surface area contributed by atoms with Gasteiger partial charge in [0, 0.05) is 17.7 Å². The summed E-state index contributed by atoms with van der Waals surface area (Å²) in [5.74, 6) is 0.206. The van der Waals surface area contributed by atoms with E-state index in [2.05, 4.69) is 34.3 Å². The van der Waals surface area contributed by atoms with Crippen LogP contribution in [0.4, 0.5) is 10.1 Å². The zero-order chi connectivity index (χ0) is 19.5. The van der Waals surface area contributed by atoms with Crippen molar-refractivity contribution in [1.29, 1.82) is 0 Å². The monoisotopic (exact) mass is 373 g/mol. The smallest absolute Gasteiger partial charge is 0.255 e. The van der Waals surface area contributed by atoms with Gasteiger partial charge in [-0.25, -0.2) is 9.37 Å². The number of aromatic amines is 1. The summed E-state index contributed by atoms with van der Waals surface area (Å²) in [5, 5.41) is 2.79. The molecule has 4 aromatic rings. The summed E-state index contributed by atoms with van der Waals surface area (Å²) in [4.78, 5) is 20.2. The Kier molecular flexibility index (Phi) is 4.89. The molecule has 0 atom stereocenters. The first-order valence-corrected chi connectivity index (χ1v) is 9.18. The van der Waals surface area contributed by atoms with Gasteiger partial charge in [0.15, 0.2) is 0 Å². The van der Waals surface area contributed by atoms with E-state index in [0.717, 1.165) is 35.3 Å². The van der Waals surface area contributed by atoms with Crippen molar-refractivity contribution in [3.8, 4) is 0 Å². The highest BCUT2D eigenvalue weighted by Gasteiger charge is 2.07. The van der Waals surface area contributed by atoms with Crippen LogP contribution in [-0.2, 0) is 12.8 Å². The highest BCUT2D eigenvalue weighted by molar-refractivity contribution is 6.04. The van der Waals surface area contributed by atoms with E-state index in [1.165, 1.54) is 23.8 Å². The number of halogens is 1.